The van der Waals surface area contributed by atoms with Gasteiger partial charge in [0.05, 0.1) is 6.54 Å². The molecule has 1 saturated carbocycles. The number of carbonyl (C=O) groups excluding carboxylic acids is 1. The molecule has 3 rings (SSSR count). The Bertz CT molecular complexity index is 468. The van der Waals surface area contributed by atoms with Crippen LogP contribution in [0.2, 0.25) is 0 Å². The van der Waals surface area contributed by atoms with E-state index >= 15 is 0 Å². The fourth-order valence-electron chi connectivity index (χ4n) is 2.44. The van der Waals surface area contributed by atoms with Crippen molar-refractivity contribution in [3.8, 4) is 0 Å². The zero-order chi connectivity index (χ0) is 12.5. The predicted molar refractivity (Wildman–Crippen MR) is 70.7 cm³/mol. The predicted octanol–water partition coefficient (Wildman–Crippen LogP) is 1.11. The minimum Gasteiger partial charge on any atom is -0.399 e. The molecule has 1 heterocycles. The van der Waals surface area contributed by atoms with Gasteiger partial charge in [-0.3, -0.25) is 9.69 Å². The fourth-order valence-corrected chi connectivity index (χ4v) is 2.44. The van der Waals surface area contributed by atoms with Gasteiger partial charge in [-0.15, -0.1) is 0 Å². The third-order valence-electron chi connectivity index (χ3n) is 3.67. The van der Waals surface area contributed by atoms with Crippen molar-refractivity contribution in [3.63, 3.8) is 0 Å². The number of nitrogens with zero attached hydrogens (tertiary/aromatic N) is 1. The third-order valence-corrected chi connectivity index (χ3v) is 3.67. The molecule has 18 heavy (non-hydrogen) atoms. The van der Waals surface area contributed by atoms with E-state index in [2.05, 4.69) is 16.3 Å². The van der Waals surface area contributed by atoms with Gasteiger partial charge in [-0.2, -0.15) is 0 Å². The van der Waals surface area contributed by atoms with Crippen molar-refractivity contribution in [1.29, 1.82) is 0 Å². The van der Waals surface area contributed by atoms with E-state index in [4.69, 9.17) is 5.73 Å². The van der Waals surface area contributed by atoms with Gasteiger partial charge in [0.15, 0.2) is 0 Å². The molecule has 4 heteroatoms. The molecular weight excluding hydrogens is 226 g/mol. The van der Waals surface area contributed by atoms with Crippen molar-refractivity contribution in [2.24, 2.45) is 5.92 Å². The molecule has 0 bridgehead atoms. The molecule has 1 fully saturated rings. The summed E-state index contributed by atoms with van der Waals surface area (Å²) in [5, 5.41) is 3.00. The van der Waals surface area contributed by atoms with Gasteiger partial charge in [0.25, 0.3) is 0 Å². The molecule has 0 unspecified atom stereocenters. The second-order valence-electron chi connectivity index (χ2n) is 5.42. The lowest BCUT2D eigenvalue weighted by atomic mass is 10.1. The number of benzene rings is 1. The maximum atomic E-state index is 11.8. The van der Waals surface area contributed by atoms with E-state index < -0.39 is 0 Å². The van der Waals surface area contributed by atoms with Crippen molar-refractivity contribution in [1.82, 2.24) is 10.2 Å². The summed E-state index contributed by atoms with van der Waals surface area (Å²) >= 11 is 0. The molecule has 1 aromatic rings. The summed E-state index contributed by atoms with van der Waals surface area (Å²) in [4.78, 5) is 13.9. The normalized spacial score (nSPS) is 18.7. The number of anilines is 1. The molecule has 1 aliphatic heterocycles. The molecule has 1 amide bonds. The fraction of sp³-hybridized carbons (Fsp3) is 0.500. The van der Waals surface area contributed by atoms with Crippen LogP contribution in [0.25, 0.3) is 0 Å². The first-order chi connectivity index (χ1) is 8.70. The van der Waals surface area contributed by atoms with Gasteiger partial charge in [-0.1, -0.05) is 6.07 Å². The van der Waals surface area contributed by atoms with Crippen LogP contribution in [0.3, 0.4) is 0 Å². The highest BCUT2D eigenvalue weighted by Crippen LogP contribution is 2.27. The van der Waals surface area contributed by atoms with Crippen LogP contribution in [0.4, 0.5) is 5.69 Å². The standard InChI is InChI=1S/C14H19N3O/c15-13-4-3-11-7-17(8-12(11)5-13)9-14(18)16-6-10-1-2-10/h3-5,10H,1-2,6-9,15H2,(H,16,18). The summed E-state index contributed by atoms with van der Waals surface area (Å²) < 4.78 is 0. The first-order valence-electron chi connectivity index (χ1n) is 6.57. The second kappa shape index (κ2) is 4.61. The van der Waals surface area contributed by atoms with E-state index in [0.29, 0.717) is 6.54 Å². The average molecular weight is 245 g/mol. The van der Waals surface area contributed by atoms with E-state index in [1.54, 1.807) is 0 Å². The lowest BCUT2D eigenvalue weighted by molar-refractivity contribution is -0.122. The summed E-state index contributed by atoms with van der Waals surface area (Å²) in [5.74, 6) is 0.882. The summed E-state index contributed by atoms with van der Waals surface area (Å²) in [7, 11) is 0. The largest absolute Gasteiger partial charge is 0.399 e. The number of nitrogen functional groups attached to an aromatic ring is 1. The highest BCUT2D eigenvalue weighted by molar-refractivity contribution is 5.78. The molecule has 1 aromatic carbocycles. The average Bonchev–Trinajstić information content (AvgIpc) is 3.07. The Morgan fingerprint density at radius 1 is 1.33 bits per heavy atom. The number of hydrogen-bond acceptors (Lipinski definition) is 3. The van der Waals surface area contributed by atoms with E-state index in [-0.39, 0.29) is 5.91 Å². The summed E-state index contributed by atoms with van der Waals surface area (Å²) in [5.41, 5.74) is 9.11. The van der Waals surface area contributed by atoms with E-state index in [9.17, 15) is 4.79 Å². The van der Waals surface area contributed by atoms with Gasteiger partial charge in [-0.25, -0.2) is 0 Å². The molecule has 3 N–H and O–H groups in total. The van der Waals surface area contributed by atoms with Crippen LogP contribution in [0.15, 0.2) is 18.2 Å². The summed E-state index contributed by atoms with van der Waals surface area (Å²) in [6.07, 6.45) is 2.55. The molecule has 1 aliphatic carbocycles. The van der Waals surface area contributed by atoms with Crippen molar-refractivity contribution in [3.05, 3.63) is 29.3 Å². The maximum Gasteiger partial charge on any atom is 0.234 e. The minimum atomic E-state index is 0.141. The molecule has 96 valence electrons. The van der Waals surface area contributed by atoms with Gasteiger partial charge in [0.1, 0.15) is 0 Å². The van der Waals surface area contributed by atoms with Crippen LogP contribution in [0.1, 0.15) is 24.0 Å². The lowest BCUT2D eigenvalue weighted by Crippen LogP contribution is -2.35. The Hall–Kier alpha value is -1.55. The van der Waals surface area contributed by atoms with Gasteiger partial charge in [0.2, 0.25) is 5.91 Å². The molecule has 0 atom stereocenters. The van der Waals surface area contributed by atoms with E-state index in [0.717, 1.165) is 31.2 Å². The van der Waals surface area contributed by atoms with Crippen LogP contribution in [0, 0.1) is 5.92 Å². The van der Waals surface area contributed by atoms with E-state index in [1.165, 1.54) is 24.0 Å². The Kier molecular flexibility index (Phi) is 2.96. The number of rotatable bonds is 4. The molecular formula is C14H19N3O. The van der Waals surface area contributed by atoms with Crippen LogP contribution >= 0.6 is 0 Å². The van der Waals surface area contributed by atoms with Crippen molar-refractivity contribution in [2.45, 2.75) is 25.9 Å². The molecule has 2 aliphatic rings. The maximum absolute atomic E-state index is 11.8. The zero-order valence-electron chi connectivity index (χ0n) is 10.5. The molecule has 0 radical (unpaired) electrons. The van der Waals surface area contributed by atoms with Crippen LogP contribution in [0.5, 0.6) is 0 Å². The quantitative estimate of drug-likeness (QED) is 0.781. The zero-order valence-corrected chi connectivity index (χ0v) is 10.5. The van der Waals surface area contributed by atoms with Crippen LogP contribution < -0.4 is 11.1 Å². The van der Waals surface area contributed by atoms with Gasteiger partial charge in [-0.05, 0) is 42.0 Å². The number of nitrogens with one attached hydrogen (secondary N) is 1. The SMILES string of the molecule is Nc1ccc2c(c1)CN(CC(=O)NCC1CC1)C2. The van der Waals surface area contributed by atoms with Gasteiger partial charge in [0, 0.05) is 25.3 Å². The Morgan fingerprint density at radius 3 is 2.89 bits per heavy atom. The first-order valence-corrected chi connectivity index (χ1v) is 6.57. The number of nitrogens with two attached hydrogens (primary N) is 1. The minimum absolute atomic E-state index is 0.141. The van der Waals surface area contributed by atoms with Crippen LogP contribution in [-0.4, -0.2) is 23.9 Å². The molecule has 0 spiro atoms. The van der Waals surface area contributed by atoms with Gasteiger partial charge >= 0.3 is 0 Å². The summed E-state index contributed by atoms with van der Waals surface area (Å²) in [6.45, 7) is 3.03. The Balaban J connectivity index is 1.52. The Labute approximate surface area is 107 Å². The third kappa shape index (κ3) is 2.64. The molecule has 0 saturated heterocycles. The number of amides is 1. The first kappa shape index (κ1) is 11.5. The van der Waals surface area contributed by atoms with Crippen molar-refractivity contribution in [2.75, 3.05) is 18.8 Å². The van der Waals surface area contributed by atoms with Crippen LogP contribution in [-0.2, 0) is 17.9 Å². The lowest BCUT2D eigenvalue weighted by Gasteiger charge is -2.14. The monoisotopic (exact) mass is 245 g/mol. The molecule has 0 aromatic heterocycles. The van der Waals surface area contributed by atoms with E-state index in [1.807, 2.05) is 12.1 Å². The summed E-state index contributed by atoms with van der Waals surface area (Å²) in [6, 6.07) is 6.00. The second-order valence-corrected chi connectivity index (χ2v) is 5.42. The number of carbonyl (C=O) groups is 1. The molecule has 4 nitrogen and oxygen atoms in total. The smallest absolute Gasteiger partial charge is 0.234 e. The topological polar surface area (TPSA) is 58.4 Å². The number of hydrogen-bond donors (Lipinski definition) is 2. The Morgan fingerprint density at radius 2 is 2.11 bits per heavy atom. The highest BCUT2D eigenvalue weighted by Gasteiger charge is 2.24. The number of fused-ring (bicyclic) bond motifs is 1. The highest BCUT2D eigenvalue weighted by atomic mass is 16.2. The van der Waals surface area contributed by atoms with Gasteiger partial charge < -0.3 is 11.1 Å². The van der Waals surface area contributed by atoms with Crippen molar-refractivity contribution >= 4 is 11.6 Å². The van der Waals surface area contributed by atoms with Crippen molar-refractivity contribution < 1.29 is 4.79 Å².